The van der Waals surface area contributed by atoms with Crippen molar-refractivity contribution >= 4 is 21.2 Å². The zero-order valence-corrected chi connectivity index (χ0v) is 8.35. The lowest BCUT2D eigenvalue weighted by atomic mass is 10.2. The van der Waals surface area contributed by atoms with E-state index >= 15 is 0 Å². The summed E-state index contributed by atoms with van der Waals surface area (Å²) >= 11 is 0. The third kappa shape index (κ3) is 1.92. The van der Waals surface area contributed by atoms with Crippen LogP contribution in [0.1, 0.15) is 5.56 Å². The molecule has 0 atom stereocenters. The molecule has 0 heterocycles. The highest BCUT2D eigenvalue weighted by Gasteiger charge is 2.15. The van der Waals surface area contributed by atoms with Gasteiger partial charge in [-0.25, -0.2) is 8.42 Å². The Morgan fingerprint density at radius 3 is 1.85 bits per heavy atom. The van der Waals surface area contributed by atoms with Crippen molar-refractivity contribution in [1.82, 2.24) is 0 Å². The van der Waals surface area contributed by atoms with Gasteiger partial charge in [0, 0.05) is 6.26 Å². The van der Waals surface area contributed by atoms with E-state index in [-0.39, 0.29) is 16.3 Å². The van der Waals surface area contributed by atoms with E-state index in [9.17, 15) is 8.42 Å². The van der Waals surface area contributed by atoms with Crippen LogP contribution in [0, 0.1) is 6.92 Å². The van der Waals surface area contributed by atoms with Crippen molar-refractivity contribution in [2.24, 2.45) is 0 Å². The SMILES string of the molecule is Cc1cc(N)c(S(C)(=O)=O)c(N)c1. The summed E-state index contributed by atoms with van der Waals surface area (Å²) in [6, 6.07) is 3.18. The van der Waals surface area contributed by atoms with Gasteiger partial charge in [-0.15, -0.1) is 0 Å². The molecule has 0 spiro atoms. The molecule has 0 aliphatic rings. The second-order valence-corrected chi connectivity index (χ2v) is 5.00. The van der Waals surface area contributed by atoms with Crippen molar-refractivity contribution in [2.75, 3.05) is 17.7 Å². The van der Waals surface area contributed by atoms with Crippen molar-refractivity contribution in [3.05, 3.63) is 17.7 Å². The lowest BCUT2D eigenvalue weighted by Gasteiger charge is -2.07. The second kappa shape index (κ2) is 2.92. The molecule has 4 N–H and O–H groups in total. The molecule has 0 saturated carbocycles. The van der Waals surface area contributed by atoms with Gasteiger partial charge in [0.2, 0.25) is 0 Å². The summed E-state index contributed by atoms with van der Waals surface area (Å²) in [5.41, 5.74) is 12.4. The fraction of sp³-hybridized carbons (Fsp3) is 0.250. The van der Waals surface area contributed by atoms with Gasteiger partial charge >= 0.3 is 0 Å². The van der Waals surface area contributed by atoms with E-state index in [1.54, 1.807) is 19.1 Å². The maximum Gasteiger partial charge on any atom is 0.179 e. The summed E-state index contributed by atoms with van der Waals surface area (Å²) in [4.78, 5) is 0.0260. The molecule has 0 saturated heterocycles. The minimum absolute atomic E-state index is 0.0260. The van der Waals surface area contributed by atoms with Crippen LogP contribution in [0.25, 0.3) is 0 Å². The number of anilines is 2. The summed E-state index contributed by atoms with van der Waals surface area (Å²) in [5, 5.41) is 0. The van der Waals surface area contributed by atoms with Crippen molar-refractivity contribution < 1.29 is 8.42 Å². The molecule has 1 aromatic rings. The van der Waals surface area contributed by atoms with Crippen molar-refractivity contribution in [3.63, 3.8) is 0 Å². The Balaban J connectivity index is 3.57. The second-order valence-electron chi connectivity index (χ2n) is 3.04. The molecule has 0 fully saturated rings. The van der Waals surface area contributed by atoms with E-state index in [0.717, 1.165) is 11.8 Å². The Bertz CT molecular complexity index is 414. The number of benzene rings is 1. The Hall–Kier alpha value is -1.23. The Morgan fingerprint density at radius 2 is 1.54 bits per heavy atom. The monoisotopic (exact) mass is 200 g/mol. The highest BCUT2D eigenvalue weighted by atomic mass is 32.2. The molecule has 1 rings (SSSR count). The Labute approximate surface area is 77.5 Å². The minimum Gasteiger partial charge on any atom is -0.398 e. The number of hydrogen-bond acceptors (Lipinski definition) is 4. The third-order valence-electron chi connectivity index (χ3n) is 1.66. The van der Waals surface area contributed by atoms with Gasteiger partial charge in [0.25, 0.3) is 0 Å². The largest absolute Gasteiger partial charge is 0.398 e. The molecule has 4 nitrogen and oxygen atoms in total. The number of sulfone groups is 1. The van der Waals surface area contributed by atoms with Crippen LogP contribution >= 0.6 is 0 Å². The lowest BCUT2D eigenvalue weighted by Crippen LogP contribution is -2.06. The first kappa shape index (κ1) is 9.85. The van der Waals surface area contributed by atoms with Crippen LogP contribution in [-0.4, -0.2) is 14.7 Å². The summed E-state index contributed by atoms with van der Waals surface area (Å²) in [6.45, 7) is 1.80. The third-order valence-corrected chi connectivity index (χ3v) is 2.87. The smallest absolute Gasteiger partial charge is 0.179 e. The first-order chi connectivity index (χ1) is 5.82. The number of nitrogens with two attached hydrogens (primary N) is 2. The zero-order chi connectivity index (χ0) is 10.2. The van der Waals surface area contributed by atoms with Crippen LogP contribution in [0.3, 0.4) is 0 Å². The summed E-state index contributed by atoms with van der Waals surface area (Å²) < 4.78 is 22.5. The van der Waals surface area contributed by atoms with Gasteiger partial charge in [0.1, 0.15) is 4.90 Å². The Morgan fingerprint density at radius 1 is 1.15 bits per heavy atom. The first-order valence-electron chi connectivity index (χ1n) is 3.68. The molecule has 72 valence electrons. The molecular weight excluding hydrogens is 188 g/mol. The van der Waals surface area contributed by atoms with Crippen LogP contribution in [0.5, 0.6) is 0 Å². The molecule has 0 amide bonds. The molecule has 0 aliphatic carbocycles. The maximum absolute atomic E-state index is 11.2. The fourth-order valence-corrected chi connectivity index (χ4v) is 2.23. The maximum atomic E-state index is 11.2. The van der Waals surface area contributed by atoms with E-state index in [4.69, 9.17) is 11.5 Å². The highest BCUT2D eigenvalue weighted by molar-refractivity contribution is 7.91. The van der Waals surface area contributed by atoms with Gasteiger partial charge in [-0.2, -0.15) is 0 Å². The molecule has 0 bridgehead atoms. The summed E-state index contributed by atoms with van der Waals surface area (Å²) in [5.74, 6) is 0. The minimum atomic E-state index is -3.33. The quantitative estimate of drug-likeness (QED) is 0.649. The number of aryl methyl sites for hydroxylation is 1. The van der Waals surface area contributed by atoms with Gasteiger partial charge in [0.15, 0.2) is 9.84 Å². The standard InChI is InChI=1S/C8H12N2O2S/c1-5-3-6(9)8(7(10)4-5)13(2,11)12/h3-4H,9-10H2,1-2H3. The first-order valence-corrected chi connectivity index (χ1v) is 5.57. The van der Waals surface area contributed by atoms with Gasteiger partial charge in [-0.05, 0) is 24.6 Å². The van der Waals surface area contributed by atoms with Crippen molar-refractivity contribution in [1.29, 1.82) is 0 Å². The fourth-order valence-electron chi connectivity index (χ4n) is 1.26. The van der Waals surface area contributed by atoms with Crippen molar-refractivity contribution in [2.45, 2.75) is 11.8 Å². The lowest BCUT2D eigenvalue weighted by molar-refractivity contribution is 0.602. The predicted molar refractivity (Wildman–Crippen MR) is 53.1 cm³/mol. The van der Waals surface area contributed by atoms with Crippen LogP contribution in [0.2, 0.25) is 0 Å². The Kier molecular flexibility index (Phi) is 2.21. The molecule has 5 heteroatoms. The number of rotatable bonds is 1. The van der Waals surface area contributed by atoms with Crippen LogP contribution in [0.15, 0.2) is 17.0 Å². The molecule has 0 aliphatic heterocycles. The van der Waals surface area contributed by atoms with Gasteiger partial charge < -0.3 is 11.5 Å². The molecule has 0 radical (unpaired) electrons. The van der Waals surface area contributed by atoms with E-state index < -0.39 is 9.84 Å². The predicted octanol–water partition coefficient (Wildman–Crippen LogP) is 0.563. The number of hydrogen-bond donors (Lipinski definition) is 2. The van der Waals surface area contributed by atoms with Crippen LogP contribution in [0.4, 0.5) is 11.4 Å². The summed E-state index contributed by atoms with van der Waals surface area (Å²) in [6.07, 6.45) is 1.09. The summed E-state index contributed by atoms with van der Waals surface area (Å²) in [7, 11) is -3.33. The van der Waals surface area contributed by atoms with E-state index in [1.165, 1.54) is 0 Å². The molecule has 0 aromatic heterocycles. The van der Waals surface area contributed by atoms with Crippen molar-refractivity contribution in [3.8, 4) is 0 Å². The van der Waals surface area contributed by atoms with Crippen LogP contribution < -0.4 is 11.5 Å². The van der Waals surface area contributed by atoms with E-state index in [2.05, 4.69) is 0 Å². The van der Waals surface area contributed by atoms with E-state index in [1.807, 2.05) is 0 Å². The van der Waals surface area contributed by atoms with Crippen LogP contribution in [-0.2, 0) is 9.84 Å². The van der Waals surface area contributed by atoms with E-state index in [0.29, 0.717) is 0 Å². The normalized spacial score (nSPS) is 11.5. The molecule has 1 aromatic carbocycles. The van der Waals surface area contributed by atoms with Gasteiger partial charge in [-0.1, -0.05) is 0 Å². The average molecular weight is 200 g/mol. The molecule has 0 unspecified atom stereocenters. The topological polar surface area (TPSA) is 86.2 Å². The molecule has 13 heavy (non-hydrogen) atoms. The van der Waals surface area contributed by atoms with Gasteiger partial charge in [0.05, 0.1) is 11.4 Å². The highest BCUT2D eigenvalue weighted by Crippen LogP contribution is 2.26. The molecular formula is C8H12N2O2S. The zero-order valence-electron chi connectivity index (χ0n) is 7.53. The number of nitrogen functional groups attached to an aromatic ring is 2. The van der Waals surface area contributed by atoms with Gasteiger partial charge in [-0.3, -0.25) is 0 Å². The average Bonchev–Trinajstić information content (AvgIpc) is 1.78.